The number of hydrogen-bond donors (Lipinski definition) is 0. The molecule has 0 aliphatic carbocycles. The van der Waals surface area contributed by atoms with Gasteiger partial charge < -0.3 is 0 Å². The summed E-state index contributed by atoms with van der Waals surface area (Å²) in [5.74, 6) is 0. The summed E-state index contributed by atoms with van der Waals surface area (Å²) in [4.78, 5) is 1.23. The van der Waals surface area contributed by atoms with Crippen LogP contribution in [0.2, 0.25) is 0 Å². The van der Waals surface area contributed by atoms with E-state index in [9.17, 15) is 0 Å². The summed E-state index contributed by atoms with van der Waals surface area (Å²) < 4.78 is 2.20. The Balaban J connectivity index is 2.13. The second kappa shape index (κ2) is 5.06. The number of benzene rings is 3. The number of fused-ring (bicyclic) bond motifs is 3. The van der Waals surface area contributed by atoms with Crippen LogP contribution >= 0.6 is 23.6 Å². The molecule has 3 aromatic carbocycles. The molecule has 1 aromatic heterocycles. The fraction of sp³-hybridized carbons (Fsp3) is 0. The van der Waals surface area contributed by atoms with Gasteiger partial charge in [-0.15, -0.1) is 11.3 Å². The maximum Gasteiger partial charge on any atom is 0.0478 e. The molecule has 21 heavy (non-hydrogen) atoms. The quantitative estimate of drug-likeness (QED) is 0.287. The van der Waals surface area contributed by atoms with Crippen LogP contribution in [-0.2, 0) is 0 Å². The largest absolute Gasteiger partial charge is 0.134 e. The smallest absolute Gasteiger partial charge is 0.0478 e. The molecule has 0 atom stereocenters. The van der Waals surface area contributed by atoms with Crippen molar-refractivity contribution in [1.82, 2.24) is 0 Å². The van der Waals surface area contributed by atoms with Crippen LogP contribution in [0.25, 0.3) is 31.3 Å². The van der Waals surface area contributed by atoms with E-state index >= 15 is 0 Å². The highest BCUT2D eigenvalue weighted by atomic mass is 32.1. The van der Waals surface area contributed by atoms with Gasteiger partial charge in [-0.1, -0.05) is 78.9 Å². The molecule has 0 saturated carbocycles. The average Bonchev–Trinajstić information content (AvgIpc) is 2.55. The molecule has 0 unspecified atom stereocenters. The highest BCUT2D eigenvalue weighted by molar-refractivity contribution is 7.71. The standard InChI is InChI=1S/C19H12S2/c20-17-12-18(14-7-2-1-3-8-14)21-19-15-9-5-4-6-13(15)10-11-16(17)19/h1-12H. The van der Waals surface area contributed by atoms with E-state index in [-0.39, 0.29) is 0 Å². The molecule has 0 spiro atoms. The zero-order valence-corrected chi connectivity index (χ0v) is 12.9. The van der Waals surface area contributed by atoms with Gasteiger partial charge in [0.2, 0.25) is 0 Å². The van der Waals surface area contributed by atoms with Crippen LogP contribution in [0.5, 0.6) is 0 Å². The number of rotatable bonds is 1. The van der Waals surface area contributed by atoms with Gasteiger partial charge in [-0.05, 0) is 22.4 Å². The van der Waals surface area contributed by atoms with Gasteiger partial charge in [0.25, 0.3) is 0 Å². The lowest BCUT2D eigenvalue weighted by atomic mass is 10.1. The first-order valence-electron chi connectivity index (χ1n) is 6.84. The van der Waals surface area contributed by atoms with Crippen molar-refractivity contribution in [2.75, 3.05) is 0 Å². The lowest BCUT2D eigenvalue weighted by Crippen LogP contribution is -1.79. The summed E-state index contributed by atoms with van der Waals surface area (Å²) in [5, 5.41) is 3.72. The van der Waals surface area contributed by atoms with Crippen LogP contribution in [-0.4, -0.2) is 0 Å². The van der Waals surface area contributed by atoms with E-state index in [1.165, 1.54) is 31.3 Å². The van der Waals surface area contributed by atoms with E-state index < -0.39 is 0 Å². The summed E-state index contributed by atoms with van der Waals surface area (Å²) in [6, 6.07) is 25.4. The zero-order chi connectivity index (χ0) is 14.2. The van der Waals surface area contributed by atoms with Crippen molar-refractivity contribution in [1.29, 1.82) is 0 Å². The molecule has 0 aliphatic heterocycles. The maximum atomic E-state index is 5.61. The van der Waals surface area contributed by atoms with Crippen LogP contribution in [0.3, 0.4) is 0 Å². The number of hydrogen-bond acceptors (Lipinski definition) is 2. The first-order chi connectivity index (χ1) is 10.3. The molecule has 0 nitrogen and oxygen atoms in total. The molecule has 2 heteroatoms. The van der Waals surface area contributed by atoms with E-state index in [4.69, 9.17) is 12.2 Å². The zero-order valence-electron chi connectivity index (χ0n) is 11.2. The van der Waals surface area contributed by atoms with Gasteiger partial charge in [-0.2, -0.15) is 0 Å². The molecular weight excluding hydrogens is 292 g/mol. The Bertz CT molecular complexity index is 998. The van der Waals surface area contributed by atoms with Crippen LogP contribution in [0.1, 0.15) is 0 Å². The Hall–Kier alpha value is -2.03. The minimum atomic E-state index is 0.924. The summed E-state index contributed by atoms with van der Waals surface area (Å²) in [6.07, 6.45) is 0. The van der Waals surface area contributed by atoms with Gasteiger partial charge in [-0.3, -0.25) is 0 Å². The highest BCUT2D eigenvalue weighted by Gasteiger charge is 2.06. The normalized spacial score (nSPS) is 11.0. The fourth-order valence-corrected chi connectivity index (χ4v) is 4.29. The minimum absolute atomic E-state index is 0.924. The third kappa shape index (κ3) is 2.17. The van der Waals surface area contributed by atoms with Crippen molar-refractivity contribution in [2.45, 2.75) is 0 Å². The molecular formula is C19H12S2. The Morgan fingerprint density at radius 3 is 2.33 bits per heavy atom. The van der Waals surface area contributed by atoms with Crippen molar-refractivity contribution in [2.24, 2.45) is 0 Å². The van der Waals surface area contributed by atoms with Crippen LogP contribution in [0.4, 0.5) is 0 Å². The molecule has 0 bridgehead atoms. The summed E-state index contributed by atoms with van der Waals surface area (Å²) in [7, 11) is 0. The van der Waals surface area contributed by atoms with Crippen LogP contribution in [0.15, 0.2) is 72.8 Å². The lowest BCUT2D eigenvalue weighted by molar-refractivity contribution is 1.69. The SMILES string of the molecule is S=c1cc(-c2ccccc2)sc2c1ccc1ccccc12. The lowest BCUT2D eigenvalue weighted by Gasteiger charge is -2.07. The molecule has 100 valence electrons. The fourth-order valence-electron chi connectivity index (χ4n) is 2.63. The molecule has 4 rings (SSSR count). The molecule has 4 aromatic rings. The third-order valence-corrected chi connectivity index (χ3v) is 5.23. The second-order valence-corrected chi connectivity index (χ2v) is 6.50. The van der Waals surface area contributed by atoms with Crippen molar-refractivity contribution in [3.8, 4) is 10.4 Å². The molecule has 0 amide bonds. The van der Waals surface area contributed by atoms with Gasteiger partial charge in [0.1, 0.15) is 0 Å². The predicted molar refractivity (Wildman–Crippen MR) is 95.6 cm³/mol. The van der Waals surface area contributed by atoms with Crippen molar-refractivity contribution in [3.05, 3.63) is 77.3 Å². The van der Waals surface area contributed by atoms with Crippen molar-refractivity contribution in [3.63, 3.8) is 0 Å². The maximum absolute atomic E-state index is 5.61. The minimum Gasteiger partial charge on any atom is -0.134 e. The molecule has 1 heterocycles. The monoisotopic (exact) mass is 304 g/mol. The Morgan fingerprint density at radius 2 is 1.48 bits per heavy atom. The summed E-state index contributed by atoms with van der Waals surface area (Å²) in [5.41, 5.74) is 1.23. The van der Waals surface area contributed by atoms with Gasteiger partial charge in [0, 0.05) is 19.5 Å². The van der Waals surface area contributed by atoms with E-state index in [0.717, 1.165) is 4.51 Å². The Kier molecular flexibility index (Phi) is 3.06. The second-order valence-electron chi connectivity index (χ2n) is 5.00. The van der Waals surface area contributed by atoms with Crippen LogP contribution in [0, 0.1) is 4.51 Å². The predicted octanol–water partition coefficient (Wildman–Crippen LogP) is 6.45. The third-order valence-electron chi connectivity index (χ3n) is 3.68. The summed E-state index contributed by atoms with van der Waals surface area (Å²) >= 11 is 7.43. The van der Waals surface area contributed by atoms with Gasteiger partial charge in [0.05, 0.1) is 0 Å². The first kappa shape index (κ1) is 12.7. The van der Waals surface area contributed by atoms with E-state index in [1.807, 2.05) is 17.4 Å². The topological polar surface area (TPSA) is 0 Å². The molecule has 0 radical (unpaired) electrons. The van der Waals surface area contributed by atoms with Gasteiger partial charge >= 0.3 is 0 Å². The Labute approximate surface area is 132 Å². The van der Waals surface area contributed by atoms with Gasteiger partial charge in [0.15, 0.2) is 0 Å². The highest BCUT2D eigenvalue weighted by Crippen LogP contribution is 2.35. The molecule has 0 N–H and O–H groups in total. The molecule has 0 saturated heterocycles. The first-order valence-corrected chi connectivity index (χ1v) is 8.06. The van der Waals surface area contributed by atoms with Crippen LogP contribution < -0.4 is 0 Å². The summed E-state index contributed by atoms with van der Waals surface area (Å²) in [6.45, 7) is 0. The van der Waals surface area contributed by atoms with Gasteiger partial charge in [-0.25, -0.2) is 0 Å². The van der Waals surface area contributed by atoms with Crippen molar-refractivity contribution < 1.29 is 0 Å². The average molecular weight is 304 g/mol. The van der Waals surface area contributed by atoms with E-state index in [0.29, 0.717) is 0 Å². The Morgan fingerprint density at radius 1 is 0.714 bits per heavy atom. The van der Waals surface area contributed by atoms with E-state index in [1.54, 1.807) is 0 Å². The van der Waals surface area contributed by atoms with Crippen molar-refractivity contribution >= 4 is 44.4 Å². The van der Waals surface area contributed by atoms with E-state index in [2.05, 4.69) is 66.7 Å². The molecule has 0 aliphatic rings. The molecule has 0 fully saturated rings.